The van der Waals surface area contributed by atoms with Gasteiger partial charge >= 0.3 is 0 Å². The molecule has 2 rings (SSSR count). The minimum absolute atomic E-state index is 0.334. The lowest BCUT2D eigenvalue weighted by atomic mass is 10.3. The van der Waals surface area contributed by atoms with Gasteiger partial charge in [0.15, 0.2) is 0 Å². The van der Waals surface area contributed by atoms with Crippen LogP contribution in [0.15, 0.2) is 4.90 Å². The van der Waals surface area contributed by atoms with E-state index in [-0.39, 0.29) is 0 Å². The van der Waals surface area contributed by atoms with Gasteiger partial charge in [-0.25, -0.2) is 8.42 Å². The molecule has 0 saturated carbocycles. The number of H-pyrrole nitrogens is 1. The smallest absolute Gasteiger partial charge is 0.246 e. The Morgan fingerprint density at radius 1 is 1.29 bits per heavy atom. The van der Waals surface area contributed by atoms with E-state index in [9.17, 15) is 8.42 Å². The molecule has 2 N–H and O–H groups in total. The maximum atomic E-state index is 12.8. The predicted octanol–water partition coefficient (Wildman–Crippen LogP) is 0.154. The third-order valence-corrected chi connectivity index (χ3v) is 5.88. The molecule has 0 atom stereocenters. The molecule has 0 bridgehead atoms. The SMILES string of the molecule is CCCN1CCN(S(=O)(=O)c2c(CNC)n[nH]c2C)CC1. The molecule has 1 aliphatic rings. The van der Waals surface area contributed by atoms with Gasteiger partial charge in [-0.1, -0.05) is 6.92 Å². The zero-order valence-corrected chi connectivity index (χ0v) is 13.8. The number of aryl methyl sites for hydroxylation is 1. The largest absolute Gasteiger partial charge is 0.314 e. The van der Waals surface area contributed by atoms with E-state index in [4.69, 9.17) is 0 Å². The Bertz CT molecular complexity index is 561. The second-order valence-electron chi connectivity index (χ2n) is 5.40. The van der Waals surface area contributed by atoms with Crippen LogP contribution in [0.5, 0.6) is 0 Å². The summed E-state index contributed by atoms with van der Waals surface area (Å²) < 4.78 is 27.3. The van der Waals surface area contributed by atoms with Gasteiger partial charge in [-0.05, 0) is 26.9 Å². The summed E-state index contributed by atoms with van der Waals surface area (Å²) >= 11 is 0. The summed E-state index contributed by atoms with van der Waals surface area (Å²) in [5.74, 6) is 0. The van der Waals surface area contributed by atoms with Crippen LogP contribution in [0.25, 0.3) is 0 Å². The summed E-state index contributed by atoms with van der Waals surface area (Å²) in [5, 5.41) is 9.86. The number of sulfonamides is 1. The van der Waals surface area contributed by atoms with Crippen LogP contribution in [-0.2, 0) is 16.6 Å². The van der Waals surface area contributed by atoms with Crippen molar-refractivity contribution in [1.29, 1.82) is 0 Å². The fourth-order valence-electron chi connectivity index (χ4n) is 2.74. The van der Waals surface area contributed by atoms with Gasteiger partial charge in [0.25, 0.3) is 0 Å². The van der Waals surface area contributed by atoms with Crippen molar-refractivity contribution in [1.82, 2.24) is 24.7 Å². The van der Waals surface area contributed by atoms with Crippen LogP contribution < -0.4 is 5.32 Å². The average molecular weight is 315 g/mol. The van der Waals surface area contributed by atoms with Gasteiger partial charge in [-0.3, -0.25) is 5.10 Å². The minimum Gasteiger partial charge on any atom is -0.314 e. The van der Waals surface area contributed by atoms with Crippen molar-refractivity contribution in [2.45, 2.75) is 31.7 Å². The summed E-state index contributed by atoms with van der Waals surface area (Å²) in [6, 6.07) is 0. The Kier molecular flexibility index (Phi) is 5.37. The van der Waals surface area contributed by atoms with Crippen LogP contribution in [0.1, 0.15) is 24.7 Å². The molecule has 120 valence electrons. The molecule has 0 spiro atoms. The first-order valence-corrected chi connectivity index (χ1v) is 8.85. The molecule has 0 radical (unpaired) electrons. The Hall–Kier alpha value is -0.960. The Morgan fingerprint density at radius 2 is 1.95 bits per heavy atom. The van der Waals surface area contributed by atoms with Crippen LogP contribution in [0.4, 0.5) is 0 Å². The Morgan fingerprint density at radius 3 is 2.52 bits per heavy atom. The van der Waals surface area contributed by atoms with Crippen LogP contribution >= 0.6 is 0 Å². The van der Waals surface area contributed by atoms with E-state index in [0.717, 1.165) is 26.1 Å². The molecular weight excluding hydrogens is 290 g/mol. The lowest BCUT2D eigenvalue weighted by molar-refractivity contribution is 0.188. The van der Waals surface area contributed by atoms with Gasteiger partial charge in [0, 0.05) is 32.7 Å². The number of hydrogen-bond acceptors (Lipinski definition) is 5. The van der Waals surface area contributed by atoms with E-state index in [1.165, 1.54) is 0 Å². The molecule has 0 amide bonds. The molecule has 0 aliphatic carbocycles. The molecule has 1 aromatic rings. The van der Waals surface area contributed by atoms with E-state index in [1.54, 1.807) is 18.3 Å². The van der Waals surface area contributed by atoms with Gasteiger partial charge in [0.2, 0.25) is 10.0 Å². The second kappa shape index (κ2) is 6.87. The molecule has 1 saturated heterocycles. The summed E-state index contributed by atoms with van der Waals surface area (Å²) in [4.78, 5) is 2.64. The monoisotopic (exact) mass is 315 g/mol. The van der Waals surface area contributed by atoms with E-state index in [1.807, 2.05) is 0 Å². The van der Waals surface area contributed by atoms with Crippen molar-refractivity contribution in [3.05, 3.63) is 11.4 Å². The van der Waals surface area contributed by atoms with Gasteiger partial charge in [0.1, 0.15) is 4.90 Å². The van der Waals surface area contributed by atoms with Gasteiger partial charge in [-0.2, -0.15) is 9.40 Å². The highest BCUT2D eigenvalue weighted by molar-refractivity contribution is 7.89. The summed E-state index contributed by atoms with van der Waals surface area (Å²) in [6.07, 6.45) is 1.10. The molecule has 7 nitrogen and oxygen atoms in total. The fraction of sp³-hybridized carbons (Fsp3) is 0.769. The number of nitrogens with zero attached hydrogens (tertiary/aromatic N) is 3. The number of rotatable bonds is 6. The van der Waals surface area contributed by atoms with Crippen molar-refractivity contribution >= 4 is 10.0 Å². The van der Waals surface area contributed by atoms with Crippen LogP contribution in [0.3, 0.4) is 0 Å². The quantitative estimate of drug-likeness (QED) is 0.781. The number of nitrogens with one attached hydrogen (secondary N) is 2. The topological polar surface area (TPSA) is 81.3 Å². The lowest BCUT2D eigenvalue weighted by Gasteiger charge is -2.33. The van der Waals surface area contributed by atoms with Crippen molar-refractivity contribution < 1.29 is 8.42 Å². The van der Waals surface area contributed by atoms with E-state index in [2.05, 4.69) is 27.3 Å². The summed E-state index contributed by atoms with van der Waals surface area (Å²) in [5.41, 5.74) is 1.17. The average Bonchev–Trinajstić information content (AvgIpc) is 2.82. The Balaban J connectivity index is 2.18. The first-order valence-electron chi connectivity index (χ1n) is 7.41. The van der Waals surface area contributed by atoms with Gasteiger partial charge < -0.3 is 10.2 Å². The highest BCUT2D eigenvalue weighted by Gasteiger charge is 2.32. The van der Waals surface area contributed by atoms with Gasteiger partial charge in [0.05, 0.1) is 11.4 Å². The lowest BCUT2D eigenvalue weighted by Crippen LogP contribution is -2.48. The predicted molar refractivity (Wildman–Crippen MR) is 81.6 cm³/mol. The number of aromatic nitrogens is 2. The number of piperazine rings is 1. The van der Waals surface area contributed by atoms with Gasteiger partial charge in [-0.15, -0.1) is 0 Å². The molecule has 0 aromatic carbocycles. The molecule has 0 unspecified atom stereocenters. The first-order chi connectivity index (χ1) is 10.0. The first kappa shape index (κ1) is 16.4. The molecule has 2 heterocycles. The third kappa shape index (κ3) is 3.45. The normalized spacial score (nSPS) is 18.2. The number of aromatic amines is 1. The van der Waals surface area contributed by atoms with Crippen molar-refractivity contribution in [3.8, 4) is 0 Å². The van der Waals surface area contributed by atoms with Crippen LogP contribution in [0, 0.1) is 6.92 Å². The zero-order valence-electron chi connectivity index (χ0n) is 13.0. The molecule has 8 heteroatoms. The van der Waals surface area contributed by atoms with E-state index in [0.29, 0.717) is 35.9 Å². The van der Waals surface area contributed by atoms with E-state index < -0.39 is 10.0 Å². The third-order valence-electron chi connectivity index (χ3n) is 3.77. The van der Waals surface area contributed by atoms with E-state index >= 15 is 0 Å². The van der Waals surface area contributed by atoms with Crippen molar-refractivity contribution in [3.63, 3.8) is 0 Å². The highest BCUT2D eigenvalue weighted by Crippen LogP contribution is 2.23. The summed E-state index contributed by atoms with van der Waals surface area (Å²) in [7, 11) is -1.69. The Labute approximate surface area is 126 Å². The number of hydrogen-bond donors (Lipinski definition) is 2. The highest BCUT2D eigenvalue weighted by atomic mass is 32.2. The molecule has 1 aromatic heterocycles. The molecule has 1 fully saturated rings. The van der Waals surface area contributed by atoms with Crippen molar-refractivity contribution in [2.75, 3.05) is 39.8 Å². The van der Waals surface area contributed by atoms with Crippen LogP contribution in [0.2, 0.25) is 0 Å². The zero-order chi connectivity index (χ0) is 15.5. The maximum Gasteiger partial charge on any atom is 0.246 e. The molecular formula is C13H25N5O2S. The summed E-state index contributed by atoms with van der Waals surface area (Å²) in [6.45, 7) is 8.06. The second-order valence-corrected chi connectivity index (χ2v) is 7.28. The maximum absolute atomic E-state index is 12.8. The van der Waals surface area contributed by atoms with Crippen LogP contribution in [-0.4, -0.2) is 67.6 Å². The fourth-order valence-corrected chi connectivity index (χ4v) is 4.49. The van der Waals surface area contributed by atoms with Crippen molar-refractivity contribution in [2.24, 2.45) is 0 Å². The standard InChI is InChI=1S/C13H25N5O2S/c1-4-5-17-6-8-18(9-7-17)21(19,20)13-11(2)15-16-12(13)10-14-3/h14H,4-10H2,1-3H3,(H,15,16). The molecule has 1 aliphatic heterocycles. The minimum atomic E-state index is -3.47. The molecule has 21 heavy (non-hydrogen) atoms.